The number of thiazole rings is 1. The zero-order valence-corrected chi connectivity index (χ0v) is 16.1. The zero-order valence-electron chi connectivity index (χ0n) is 15.2. The van der Waals surface area contributed by atoms with Crippen molar-refractivity contribution in [2.45, 2.75) is 6.42 Å². The quantitative estimate of drug-likeness (QED) is 0.681. The maximum atomic E-state index is 12.7. The van der Waals surface area contributed by atoms with Crippen LogP contribution in [0, 0.1) is 0 Å². The van der Waals surface area contributed by atoms with Gasteiger partial charge in [0.15, 0.2) is 5.13 Å². The molecule has 1 aliphatic heterocycles. The minimum Gasteiger partial charge on any atom is -0.495 e. The number of hydrogen-bond donors (Lipinski definition) is 0. The van der Waals surface area contributed by atoms with Gasteiger partial charge in [0.05, 0.1) is 19.2 Å². The van der Waals surface area contributed by atoms with Crippen LogP contribution in [0.1, 0.15) is 4.88 Å². The Labute approximate surface area is 162 Å². The molecule has 0 unspecified atom stereocenters. The summed E-state index contributed by atoms with van der Waals surface area (Å²) in [4.78, 5) is 22.3. The van der Waals surface area contributed by atoms with Crippen LogP contribution in [0.2, 0.25) is 0 Å². The summed E-state index contributed by atoms with van der Waals surface area (Å²) >= 11 is 1.56. The number of nitrogens with zero attached hydrogens (tertiary/aromatic N) is 4. The van der Waals surface area contributed by atoms with E-state index in [1.54, 1.807) is 18.4 Å². The lowest BCUT2D eigenvalue weighted by atomic mass is 10.2. The number of carbonyl (C=O) groups is 1. The Balaban J connectivity index is 1.35. The lowest BCUT2D eigenvalue weighted by Gasteiger charge is -2.36. The predicted octanol–water partition coefficient (Wildman–Crippen LogP) is 2.83. The first-order chi connectivity index (χ1) is 13.2. The van der Waals surface area contributed by atoms with Crippen LogP contribution in [0.4, 0.5) is 5.69 Å². The minimum atomic E-state index is 0.164. The number of ether oxygens (including phenoxy) is 1. The number of amides is 1. The van der Waals surface area contributed by atoms with Crippen LogP contribution >= 0.6 is 11.3 Å². The topological polar surface area (TPSA) is 50.6 Å². The smallest absolute Gasteiger partial charge is 0.228 e. The highest BCUT2D eigenvalue weighted by Crippen LogP contribution is 2.28. The van der Waals surface area contributed by atoms with E-state index in [4.69, 9.17) is 4.74 Å². The van der Waals surface area contributed by atoms with E-state index in [-0.39, 0.29) is 5.91 Å². The normalized spacial score (nSPS) is 14.4. The third-order valence-electron chi connectivity index (χ3n) is 4.75. The van der Waals surface area contributed by atoms with Crippen LogP contribution in [0.25, 0.3) is 5.13 Å². The first-order valence-corrected chi connectivity index (χ1v) is 9.80. The number of carbonyl (C=O) groups excluding carboxylic acids is 1. The van der Waals surface area contributed by atoms with Crippen molar-refractivity contribution >= 4 is 22.9 Å². The number of para-hydroxylation sites is 2. The molecule has 1 aromatic carbocycles. The van der Waals surface area contributed by atoms with Gasteiger partial charge < -0.3 is 19.1 Å². The van der Waals surface area contributed by atoms with Gasteiger partial charge >= 0.3 is 0 Å². The minimum absolute atomic E-state index is 0.164. The van der Waals surface area contributed by atoms with Crippen LogP contribution in [-0.4, -0.2) is 53.6 Å². The van der Waals surface area contributed by atoms with Gasteiger partial charge in [0, 0.05) is 49.6 Å². The number of rotatable bonds is 5. The SMILES string of the molecule is COc1ccccc1N1CCN(C(=O)Cc2cnc(-n3cccc3)s2)CC1. The largest absolute Gasteiger partial charge is 0.495 e. The Morgan fingerprint density at radius 1 is 1.11 bits per heavy atom. The predicted molar refractivity (Wildman–Crippen MR) is 107 cm³/mol. The van der Waals surface area contributed by atoms with Crippen molar-refractivity contribution in [2.24, 2.45) is 0 Å². The molecule has 3 aromatic rings. The second kappa shape index (κ2) is 7.84. The Morgan fingerprint density at radius 2 is 1.85 bits per heavy atom. The van der Waals surface area contributed by atoms with E-state index in [0.717, 1.165) is 47.6 Å². The summed E-state index contributed by atoms with van der Waals surface area (Å²) in [5, 5.41) is 0.892. The van der Waals surface area contributed by atoms with Crippen LogP contribution in [-0.2, 0) is 11.2 Å². The second-order valence-electron chi connectivity index (χ2n) is 6.42. The third-order valence-corrected chi connectivity index (χ3v) is 5.76. The fraction of sp³-hybridized carbons (Fsp3) is 0.300. The van der Waals surface area contributed by atoms with E-state index < -0.39 is 0 Å². The summed E-state index contributed by atoms with van der Waals surface area (Å²) in [5.41, 5.74) is 1.09. The lowest BCUT2D eigenvalue weighted by Crippen LogP contribution is -2.49. The Bertz CT molecular complexity index is 898. The van der Waals surface area contributed by atoms with E-state index >= 15 is 0 Å². The van der Waals surface area contributed by atoms with Crippen molar-refractivity contribution in [1.82, 2.24) is 14.5 Å². The average Bonchev–Trinajstić information content (AvgIpc) is 3.40. The van der Waals surface area contributed by atoms with Crippen molar-refractivity contribution in [1.29, 1.82) is 0 Å². The van der Waals surface area contributed by atoms with Gasteiger partial charge in [0.2, 0.25) is 5.91 Å². The zero-order chi connectivity index (χ0) is 18.6. The molecule has 2 aromatic heterocycles. The van der Waals surface area contributed by atoms with Crippen LogP contribution in [0.15, 0.2) is 55.0 Å². The molecule has 140 valence electrons. The second-order valence-corrected chi connectivity index (χ2v) is 7.51. The molecule has 1 amide bonds. The van der Waals surface area contributed by atoms with Gasteiger partial charge in [-0.1, -0.05) is 12.1 Å². The first-order valence-electron chi connectivity index (χ1n) is 8.98. The van der Waals surface area contributed by atoms with Crippen molar-refractivity contribution < 1.29 is 9.53 Å². The van der Waals surface area contributed by atoms with Gasteiger partial charge in [0.1, 0.15) is 5.75 Å². The third kappa shape index (κ3) is 3.83. The molecule has 3 heterocycles. The lowest BCUT2D eigenvalue weighted by molar-refractivity contribution is -0.130. The molecular weight excluding hydrogens is 360 g/mol. The number of hydrogen-bond acceptors (Lipinski definition) is 5. The van der Waals surface area contributed by atoms with Crippen molar-refractivity contribution in [2.75, 3.05) is 38.2 Å². The van der Waals surface area contributed by atoms with Crippen molar-refractivity contribution in [3.8, 4) is 10.9 Å². The van der Waals surface area contributed by atoms with Gasteiger partial charge in [-0.15, -0.1) is 11.3 Å². The van der Waals surface area contributed by atoms with Gasteiger partial charge in [-0.3, -0.25) is 4.79 Å². The summed E-state index contributed by atoms with van der Waals surface area (Å²) < 4.78 is 7.42. The number of methoxy groups -OCH3 is 1. The molecule has 0 aliphatic carbocycles. The number of anilines is 1. The summed E-state index contributed by atoms with van der Waals surface area (Å²) in [6.45, 7) is 3.06. The highest BCUT2D eigenvalue weighted by Gasteiger charge is 2.23. The number of piperazine rings is 1. The molecule has 6 nitrogen and oxygen atoms in total. The van der Waals surface area contributed by atoms with Gasteiger partial charge in [-0.05, 0) is 24.3 Å². The van der Waals surface area contributed by atoms with Crippen molar-refractivity contribution in [3.05, 3.63) is 59.9 Å². The molecule has 1 saturated heterocycles. The maximum absolute atomic E-state index is 12.7. The molecule has 1 aliphatic rings. The number of aromatic nitrogens is 2. The van der Waals surface area contributed by atoms with E-state index in [9.17, 15) is 4.79 Å². The van der Waals surface area contributed by atoms with E-state index in [1.165, 1.54) is 0 Å². The molecule has 4 rings (SSSR count). The Hall–Kier alpha value is -2.80. The standard InChI is InChI=1S/C20H22N4O2S/c1-26-18-7-3-2-6-17(18)22-10-12-23(13-11-22)19(25)14-16-15-21-20(27-16)24-8-4-5-9-24/h2-9,15H,10-14H2,1H3. The number of benzene rings is 1. The fourth-order valence-corrected chi connectivity index (χ4v) is 4.18. The summed E-state index contributed by atoms with van der Waals surface area (Å²) in [6.07, 6.45) is 6.14. The Morgan fingerprint density at radius 3 is 2.59 bits per heavy atom. The monoisotopic (exact) mass is 382 g/mol. The van der Waals surface area contributed by atoms with E-state index in [1.807, 2.05) is 58.4 Å². The molecule has 27 heavy (non-hydrogen) atoms. The van der Waals surface area contributed by atoms with Gasteiger partial charge in [-0.2, -0.15) is 0 Å². The van der Waals surface area contributed by atoms with Crippen LogP contribution < -0.4 is 9.64 Å². The molecule has 1 fully saturated rings. The molecule has 0 atom stereocenters. The van der Waals surface area contributed by atoms with Crippen molar-refractivity contribution in [3.63, 3.8) is 0 Å². The molecule has 0 N–H and O–H groups in total. The first kappa shape index (κ1) is 17.6. The summed E-state index contributed by atoms with van der Waals surface area (Å²) in [7, 11) is 1.69. The molecule has 0 bridgehead atoms. The van der Waals surface area contributed by atoms with E-state index in [0.29, 0.717) is 6.42 Å². The van der Waals surface area contributed by atoms with Gasteiger partial charge in [-0.25, -0.2) is 4.98 Å². The molecule has 0 radical (unpaired) electrons. The fourth-order valence-electron chi connectivity index (χ4n) is 3.31. The Kier molecular flexibility index (Phi) is 5.11. The highest BCUT2D eigenvalue weighted by atomic mass is 32.1. The van der Waals surface area contributed by atoms with Gasteiger partial charge in [0.25, 0.3) is 0 Å². The molecular formula is C20H22N4O2S. The van der Waals surface area contributed by atoms with Crippen LogP contribution in [0.5, 0.6) is 5.75 Å². The molecule has 0 saturated carbocycles. The average molecular weight is 382 g/mol. The van der Waals surface area contributed by atoms with E-state index in [2.05, 4.69) is 16.0 Å². The molecule has 7 heteroatoms. The maximum Gasteiger partial charge on any atom is 0.228 e. The molecule has 0 spiro atoms. The highest BCUT2D eigenvalue weighted by molar-refractivity contribution is 7.14. The summed E-state index contributed by atoms with van der Waals surface area (Å²) in [6, 6.07) is 12.0. The summed E-state index contributed by atoms with van der Waals surface area (Å²) in [5.74, 6) is 1.04. The van der Waals surface area contributed by atoms with Crippen LogP contribution in [0.3, 0.4) is 0 Å².